The Balaban J connectivity index is 2.01. The molecule has 5 heteroatoms. The molecule has 1 aromatic carbocycles. The van der Waals surface area contributed by atoms with Crippen molar-refractivity contribution in [3.8, 4) is 0 Å². The number of hydrogen-bond donors (Lipinski definition) is 0. The predicted octanol–water partition coefficient (Wildman–Crippen LogP) is 2.11. The van der Waals surface area contributed by atoms with Crippen LogP contribution in [0, 0.1) is 0 Å². The van der Waals surface area contributed by atoms with E-state index in [4.69, 9.17) is 4.74 Å². The Hall–Kier alpha value is -2.69. The molecule has 3 rings (SSSR count). The second kappa shape index (κ2) is 5.13. The van der Waals surface area contributed by atoms with Gasteiger partial charge in [-0.2, -0.15) is 0 Å². The normalized spacial score (nSPS) is 10.7. The number of benzene rings is 1. The number of methoxy groups -OCH3 is 1. The molecule has 2 aromatic heterocycles. The highest BCUT2D eigenvalue weighted by atomic mass is 16.5. The van der Waals surface area contributed by atoms with Crippen LogP contribution in [0.25, 0.3) is 5.65 Å². The van der Waals surface area contributed by atoms with Crippen molar-refractivity contribution < 1.29 is 9.53 Å². The second-order valence-electron chi connectivity index (χ2n) is 4.42. The first-order valence-electron chi connectivity index (χ1n) is 6.24. The van der Waals surface area contributed by atoms with E-state index < -0.39 is 0 Å². The van der Waals surface area contributed by atoms with Crippen LogP contribution in [0.4, 0.5) is 0 Å². The van der Waals surface area contributed by atoms with Crippen molar-refractivity contribution in [1.29, 1.82) is 0 Å². The van der Waals surface area contributed by atoms with Gasteiger partial charge in [-0.15, -0.1) is 10.2 Å². The van der Waals surface area contributed by atoms with Crippen molar-refractivity contribution >= 4 is 11.6 Å². The third kappa shape index (κ3) is 2.25. The van der Waals surface area contributed by atoms with Gasteiger partial charge in [-0.3, -0.25) is 4.40 Å². The first-order valence-corrected chi connectivity index (χ1v) is 6.24. The Morgan fingerprint density at radius 3 is 2.70 bits per heavy atom. The third-order valence-corrected chi connectivity index (χ3v) is 3.10. The van der Waals surface area contributed by atoms with Crippen LogP contribution in [0.3, 0.4) is 0 Å². The molecule has 0 unspecified atom stereocenters. The van der Waals surface area contributed by atoms with Crippen LogP contribution >= 0.6 is 0 Å². The van der Waals surface area contributed by atoms with Gasteiger partial charge in [-0.05, 0) is 17.7 Å². The van der Waals surface area contributed by atoms with Crippen molar-refractivity contribution in [2.24, 2.45) is 0 Å². The first-order chi connectivity index (χ1) is 9.78. The number of ether oxygens (including phenoxy) is 1. The number of carbonyl (C=O) groups excluding carboxylic acids is 1. The van der Waals surface area contributed by atoms with E-state index in [9.17, 15) is 4.79 Å². The van der Waals surface area contributed by atoms with Crippen LogP contribution in [-0.4, -0.2) is 27.7 Å². The Bertz CT molecular complexity index is 750. The van der Waals surface area contributed by atoms with Gasteiger partial charge in [-0.1, -0.05) is 30.3 Å². The molecule has 20 heavy (non-hydrogen) atoms. The lowest BCUT2D eigenvalue weighted by molar-refractivity contribution is 0.0600. The summed E-state index contributed by atoms with van der Waals surface area (Å²) in [4.78, 5) is 11.6. The molecule has 0 aliphatic rings. The van der Waals surface area contributed by atoms with Gasteiger partial charge in [0, 0.05) is 12.6 Å². The second-order valence-corrected chi connectivity index (χ2v) is 4.42. The first kappa shape index (κ1) is 12.3. The molecular weight excluding hydrogens is 254 g/mol. The van der Waals surface area contributed by atoms with E-state index in [-0.39, 0.29) is 5.97 Å². The highest BCUT2D eigenvalue weighted by Gasteiger charge is 2.10. The quantitative estimate of drug-likeness (QED) is 0.682. The molecule has 100 valence electrons. The Morgan fingerprint density at radius 1 is 1.15 bits per heavy atom. The van der Waals surface area contributed by atoms with Gasteiger partial charge in [0.1, 0.15) is 5.82 Å². The number of pyridine rings is 1. The zero-order chi connectivity index (χ0) is 13.9. The van der Waals surface area contributed by atoms with Crippen molar-refractivity contribution in [2.75, 3.05) is 7.11 Å². The molecule has 5 nitrogen and oxygen atoms in total. The molecule has 0 radical (unpaired) electrons. The SMILES string of the molecule is COC(=O)c1ccc2nnc(Cc3ccccc3)n2c1. The average molecular weight is 267 g/mol. The van der Waals surface area contributed by atoms with Gasteiger partial charge in [0.15, 0.2) is 5.65 Å². The fourth-order valence-corrected chi connectivity index (χ4v) is 2.08. The number of fused-ring (bicyclic) bond motifs is 1. The minimum absolute atomic E-state index is 0.369. The Labute approximate surface area is 115 Å². The summed E-state index contributed by atoms with van der Waals surface area (Å²) in [7, 11) is 1.36. The molecule has 0 aliphatic carbocycles. The summed E-state index contributed by atoms with van der Waals surface area (Å²) < 4.78 is 6.55. The maximum atomic E-state index is 11.6. The Kier molecular flexibility index (Phi) is 3.16. The van der Waals surface area contributed by atoms with Gasteiger partial charge < -0.3 is 4.74 Å². The van der Waals surface area contributed by atoms with E-state index in [1.165, 1.54) is 7.11 Å². The van der Waals surface area contributed by atoms with Crippen LogP contribution in [-0.2, 0) is 11.2 Å². The summed E-state index contributed by atoms with van der Waals surface area (Å²) in [5.74, 6) is 0.420. The minimum Gasteiger partial charge on any atom is -0.465 e. The van der Waals surface area contributed by atoms with Gasteiger partial charge >= 0.3 is 5.97 Å². The summed E-state index contributed by atoms with van der Waals surface area (Å²) in [6, 6.07) is 13.4. The molecule has 0 saturated heterocycles. The van der Waals surface area contributed by atoms with Crippen molar-refractivity contribution in [2.45, 2.75) is 6.42 Å². The molecule has 2 heterocycles. The predicted molar refractivity (Wildman–Crippen MR) is 73.6 cm³/mol. The fraction of sp³-hybridized carbons (Fsp3) is 0.133. The molecule has 0 saturated carbocycles. The highest BCUT2D eigenvalue weighted by Crippen LogP contribution is 2.12. The fourth-order valence-electron chi connectivity index (χ4n) is 2.08. The summed E-state index contributed by atoms with van der Waals surface area (Å²) >= 11 is 0. The van der Waals surface area contributed by atoms with E-state index in [1.807, 2.05) is 34.7 Å². The van der Waals surface area contributed by atoms with Gasteiger partial charge in [-0.25, -0.2) is 4.79 Å². The molecule has 0 spiro atoms. The Morgan fingerprint density at radius 2 is 1.95 bits per heavy atom. The standard InChI is InChI=1S/C15H13N3O2/c1-20-15(19)12-7-8-13-16-17-14(18(13)10-12)9-11-5-3-2-4-6-11/h2-8,10H,9H2,1H3. The maximum absolute atomic E-state index is 11.6. The zero-order valence-corrected chi connectivity index (χ0v) is 11.0. The molecule has 3 aromatic rings. The highest BCUT2D eigenvalue weighted by molar-refractivity contribution is 5.89. The summed E-state index contributed by atoms with van der Waals surface area (Å²) in [6.07, 6.45) is 2.37. The van der Waals surface area contributed by atoms with Crippen LogP contribution in [0.15, 0.2) is 48.7 Å². The van der Waals surface area contributed by atoms with E-state index in [0.717, 1.165) is 11.4 Å². The van der Waals surface area contributed by atoms with E-state index in [1.54, 1.807) is 18.3 Å². The molecule has 0 atom stereocenters. The van der Waals surface area contributed by atoms with Crippen molar-refractivity contribution in [3.63, 3.8) is 0 Å². The average Bonchev–Trinajstić information content (AvgIpc) is 2.90. The van der Waals surface area contributed by atoms with Crippen molar-refractivity contribution in [3.05, 3.63) is 65.6 Å². The van der Waals surface area contributed by atoms with Gasteiger partial charge in [0.2, 0.25) is 0 Å². The van der Waals surface area contributed by atoms with Crippen LogP contribution in [0.5, 0.6) is 0 Å². The number of rotatable bonds is 3. The zero-order valence-electron chi connectivity index (χ0n) is 11.0. The third-order valence-electron chi connectivity index (χ3n) is 3.10. The lowest BCUT2D eigenvalue weighted by Gasteiger charge is -2.03. The van der Waals surface area contributed by atoms with Crippen LogP contribution < -0.4 is 0 Å². The van der Waals surface area contributed by atoms with Gasteiger partial charge in [0.25, 0.3) is 0 Å². The molecular formula is C15H13N3O2. The van der Waals surface area contributed by atoms with E-state index in [0.29, 0.717) is 17.6 Å². The topological polar surface area (TPSA) is 56.5 Å². The van der Waals surface area contributed by atoms with E-state index in [2.05, 4.69) is 10.2 Å². The molecule has 0 aliphatic heterocycles. The largest absolute Gasteiger partial charge is 0.465 e. The lowest BCUT2D eigenvalue weighted by atomic mass is 10.1. The van der Waals surface area contributed by atoms with Crippen LogP contribution in [0.2, 0.25) is 0 Å². The summed E-state index contributed by atoms with van der Waals surface area (Å²) in [5.41, 5.74) is 2.34. The molecule has 0 amide bonds. The van der Waals surface area contributed by atoms with Crippen molar-refractivity contribution in [1.82, 2.24) is 14.6 Å². The smallest absolute Gasteiger partial charge is 0.339 e. The lowest BCUT2D eigenvalue weighted by Crippen LogP contribution is -2.04. The summed E-state index contributed by atoms with van der Waals surface area (Å²) in [6.45, 7) is 0. The number of carbonyl (C=O) groups is 1. The number of nitrogens with zero attached hydrogens (tertiary/aromatic N) is 3. The number of hydrogen-bond acceptors (Lipinski definition) is 4. The minimum atomic E-state index is -0.369. The number of aromatic nitrogens is 3. The summed E-state index contributed by atoms with van der Waals surface area (Å²) in [5, 5.41) is 8.28. The maximum Gasteiger partial charge on any atom is 0.339 e. The molecule has 0 bridgehead atoms. The monoisotopic (exact) mass is 267 g/mol. The molecule has 0 fully saturated rings. The van der Waals surface area contributed by atoms with E-state index >= 15 is 0 Å². The molecule has 0 N–H and O–H groups in total. The van der Waals surface area contributed by atoms with Crippen LogP contribution in [0.1, 0.15) is 21.7 Å². The number of esters is 1. The van der Waals surface area contributed by atoms with Gasteiger partial charge in [0.05, 0.1) is 12.7 Å².